The van der Waals surface area contributed by atoms with E-state index in [9.17, 15) is 4.39 Å². The Labute approximate surface area is 125 Å². The first-order chi connectivity index (χ1) is 10.2. The van der Waals surface area contributed by atoms with Gasteiger partial charge in [-0.05, 0) is 25.7 Å². The summed E-state index contributed by atoms with van der Waals surface area (Å²) in [5.41, 5.74) is 1.05. The molecule has 0 radical (unpaired) electrons. The summed E-state index contributed by atoms with van der Waals surface area (Å²) in [6, 6.07) is 2.19. The average Bonchev–Trinajstić information content (AvgIpc) is 3.16. The molecule has 1 aromatic heterocycles. The zero-order chi connectivity index (χ0) is 14.7. The minimum absolute atomic E-state index is 0.190. The monoisotopic (exact) mass is 293 g/mol. The molecule has 21 heavy (non-hydrogen) atoms. The first kappa shape index (κ1) is 14.5. The molecular weight excluding hydrogens is 269 g/mol. The van der Waals surface area contributed by atoms with E-state index in [0.717, 1.165) is 37.0 Å². The lowest BCUT2D eigenvalue weighted by Crippen LogP contribution is -2.30. The van der Waals surface area contributed by atoms with E-state index in [4.69, 9.17) is 0 Å². The largest absolute Gasteiger partial charge is 0.368 e. The Bertz CT molecular complexity index is 475. The Morgan fingerprint density at radius 3 is 2.86 bits per heavy atom. The second kappa shape index (κ2) is 6.56. The lowest BCUT2D eigenvalue weighted by molar-refractivity contribution is 0.356. The van der Waals surface area contributed by atoms with Crippen LogP contribution in [0.3, 0.4) is 0 Å². The van der Waals surface area contributed by atoms with Gasteiger partial charge in [0.15, 0.2) is 0 Å². The minimum atomic E-state index is -0.714. The van der Waals surface area contributed by atoms with Gasteiger partial charge in [-0.25, -0.2) is 9.37 Å². The smallest absolute Gasteiger partial charge is 0.227 e. The fourth-order valence-corrected chi connectivity index (χ4v) is 2.97. The molecule has 2 atom stereocenters. The normalized spacial score (nSPS) is 25.5. The van der Waals surface area contributed by atoms with Crippen LogP contribution in [0.4, 0.5) is 16.2 Å². The summed E-state index contributed by atoms with van der Waals surface area (Å²) in [6.07, 6.45) is 3.19. The Morgan fingerprint density at radius 1 is 1.38 bits per heavy atom. The van der Waals surface area contributed by atoms with Crippen molar-refractivity contribution in [2.24, 2.45) is 0 Å². The Hall–Kier alpha value is -1.43. The zero-order valence-corrected chi connectivity index (χ0v) is 12.6. The van der Waals surface area contributed by atoms with Gasteiger partial charge >= 0.3 is 0 Å². The maximum absolute atomic E-state index is 13.2. The minimum Gasteiger partial charge on any atom is -0.368 e. The van der Waals surface area contributed by atoms with Crippen LogP contribution in [0, 0.1) is 0 Å². The summed E-state index contributed by atoms with van der Waals surface area (Å²) in [6.45, 7) is 5.36. The van der Waals surface area contributed by atoms with Gasteiger partial charge in [-0.15, -0.1) is 0 Å². The highest BCUT2D eigenvalue weighted by atomic mass is 19.1. The fourth-order valence-electron chi connectivity index (χ4n) is 2.97. The molecule has 3 rings (SSSR count). The molecule has 2 aliphatic rings. The van der Waals surface area contributed by atoms with Crippen molar-refractivity contribution in [1.82, 2.24) is 15.3 Å². The van der Waals surface area contributed by atoms with Crippen LogP contribution in [0.2, 0.25) is 0 Å². The average molecular weight is 293 g/mol. The Kier molecular flexibility index (Phi) is 4.53. The second-order valence-corrected chi connectivity index (χ2v) is 5.91. The van der Waals surface area contributed by atoms with Crippen molar-refractivity contribution in [2.75, 3.05) is 36.4 Å². The highest BCUT2D eigenvalue weighted by Crippen LogP contribution is 2.19. The summed E-state index contributed by atoms with van der Waals surface area (Å²) in [5, 5.41) is 6.52. The number of aryl methyl sites for hydroxylation is 1. The highest BCUT2D eigenvalue weighted by Gasteiger charge is 2.23. The predicted molar refractivity (Wildman–Crippen MR) is 82.7 cm³/mol. The third-order valence-electron chi connectivity index (χ3n) is 4.22. The van der Waals surface area contributed by atoms with E-state index in [1.807, 2.05) is 6.07 Å². The number of hydrogen-bond donors (Lipinski definition) is 2. The second-order valence-electron chi connectivity index (χ2n) is 5.91. The van der Waals surface area contributed by atoms with Crippen molar-refractivity contribution < 1.29 is 4.39 Å². The molecule has 2 unspecified atom stereocenters. The van der Waals surface area contributed by atoms with E-state index in [1.165, 1.54) is 12.8 Å². The first-order valence-electron chi connectivity index (χ1n) is 7.99. The lowest BCUT2D eigenvalue weighted by atomic mass is 10.2. The van der Waals surface area contributed by atoms with Gasteiger partial charge in [-0.1, -0.05) is 6.92 Å². The van der Waals surface area contributed by atoms with Crippen molar-refractivity contribution >= 4 is 11.8 Å². The molecule has 2 saturated heterocycles. The topological polar surface area (TPSA) is 53.1 Å². The van der Waals surface area contributed by atoms with Crippen molar-refractivity contribution in [3.8, 4) is 0 Å². The van der Waals surface area contributed by atoms with Crippen LogP contribution in [0.15, 0.2) is 6.07 Å². The molecule has 2 fully saturated rings. The van der Waals surface area contributed by atoms with Crippen LogP contribution in [-0.4, -0.2) is 48.4 Å². The lowest BCUT2D eigenvalue weighted by Gasteiger charge is -2.18. The van der Waals surface area contributed by atoms with Crippen LogP contribution in [0.5, 0.6) is 0 Å². The van der Waals surface area contributed by atoms with E-state index in [1.54, 1.807) is 0 Å². The summed E-state index contributed by atoms with van der Waals surface area (Å²) in [7, 11) is 0. The molecule has 0 saturated carbocycles. The van der Waals surface area contributed by atoms with Crippen LogP contribution in [0.1, 0.15) is 31.9 Å². The van der Waals surface area contributed by atoms with Crippen LogP contribution in [0.25, 0.3) is 0 Å². The van der Waals surface area contributed by atoms with Crippen LogP contribution < -0.4 is 15.5 Å². The molecule has 5 nitrogen and oxygen atoms in total. The van der Waals surface area contributed by atoms with Gasteiger partial charge in [0.05, 0.1) is 0 Å². The maximum Gasteiger partial charge on any atom is 0.227 e. The number of aromatic nitrogens is 2. The first-order valence-corrected chi connectivity index (χ1v) is 7.99. The van der Waals surface area contributed by atoms with E-state index in [0.29, 0.717) is 19.5 Å². The predicted octanol–water partition coefficient (Wildman–Crippen LogP) is 1.75. The molecule has 1 aromatic rings. The van der Waals surface area contributed by atoms with E-state index >= 15 is 0 Å². The molecule has 0 aliphatic carbocycles. The van der Waals surface area contributed by atoms with E-state index < -0.39 is 6.17 Å². The summed E-state index contributed by atoms with van der Waals surface area (Å²) < 4.78 is 13.2. The van der Waals surface area contributed by atoms with Gasteiger partial charge in [-0.2, -0.15) is 4.98 Å². The highest BCUT2D eigenvalue weighted by molar-refractivity contribution is 5.44. The van der Waals surface area contributed by atoms with Gasteiger partial charge in [0, 0.05) is 44.0 Å². The van der Waals surface area contributed by atoms with Crippen molar-refractivity contribution in [3.05, 3.63) is 11.8 Å². The molecule has 3 heterocycles. The summed E-state index contributed by atoms with van der Waals surface area (Å²) in [4.78, 5) is 11.5. The molecule has 0 spiro atoms. The number of halogens is 1. The molecule has 2 aliphatic heterocycles. The molecule has 0 bridgehead atoms. The van der Waals surface area contributed by atoms with Crippen molar-refractivity contribution in [2.45, 2.75) is 44.8 Å². The number of nitrogens with zero attached hydrogens (tertiary/aromatic N) is 3. The van der Waals surface area contributed by atoms with Crippen LogP contribution in [-0.2, 0) is 6.42 Å². The van der Waals surface area contributed by atoms with Gasteiger partial charge in [0.1, 0.15) is 12.0 Å². The van der Waals surface area contributed by atoms with Gasteiger partial charge in [-0.3, -0.25) is 0 Å². The van der Waals surface area contributed by atoms with Crippen LogP contribution >= 0.6 is 0 Å². The third-order valence-corrected chi connectivity index (χ3v) is 4.22. The van der Waals surface area contributed by atoms with E-state index in [2.05, 4.69) is 32.4 Å². The molecular formula is C15H24FN5. The zero-order valence-electron chi connectivity index (χ0n) is 12.6. The third kappa shape index (κ3) is 3.61. The van der Waals surface area contributed by atoms with Crippen molar-refractivity contribution in [3.63, 3.8) is 0 Å². The molecule has 0 aromatic carbocycles. The SMILES string of the molecule is CCc1cc(NCC2CC(F)CN2)nc(N2CCCC2)n1. The molecule has 0 amide bonds. The molecule has 116 valence electrons. The maximum atomic E-state index is 13.2. The van der Waals surface area contributed by atoms with E-state index in [-0.39, 0.29) is 6.04 Å². The van der Waals surface area contributed by atoms with Gasteiger partial charge in [0.25, 0.3) is 0 Å². The van der Waals surface area contributed by atoms with Gasteiger partial charge < -0.3 is 15.5 Å². The number of alkyl halides is 1. The standard InChI is InChI=1S/C15H24FN5/c1-2-12-8-14(18-10-13-7-11(16)9-17-13)20-15(19-12)21-5-3-4-6-21/h8,11,13,17H,2-7,9-10H2,1H3,(H,18,19,20). The summed E-state index contributed by atoms with van der Waals surface area (Å²) in [5.74, 6) is 1.69. The number of hydrogen-bond acceptors (Lipinski definition) is 5. The fraction of sp³-hybridized carbons (Fsp3) is 0.733. The molecule has 6 heteroatoms. The Balaban J connectivity index is 1.67. The quantitative estimate of drug-likeness (QED) is 0.866. The molecule has 2 N–H and O–H groups in total. The number of nitrogens with one attached hydrogen (secondary N) is 2. The van der Waals surface area contributed by atoms with Gasteiger partial charge in [0.2, 0.25) is 5.95 Å². The number of anilines is 2. The van der Waals surface area contributed by atoms with Crippen molar-refractivity contribution in [1.29, 1.82) is 0 Å². The Morgan fingerprint density at radius 2 is 2.19 bits per heavy atom. The number of rotatable bonds is 5. The summed E-state index contributed by atoms with van der Waals surface area (Å²) >= 11 is 0.